The maximum atomic E-state index is 11.9. The van der Waals surface area contributed by atoms with Crippen molar-refractivity contribution in [2.75, 3.05) is 23.0 Å². The molecule has 18 heavy (non-hydrogen) atoms. The first kappa shape index (κ1) is 15.5. The third-order valence-corrected chi connectivity index (χ3v) is 6.02. The van der Waals surface area contributed by atoms with Gasteiger partial charge in [0.05, 0.1) is 27.3 Å². The van der Waals surface area contributed by atoms with E-state index >= 15 is 0 Å². The summed E-state index contributed by atoms with van der Waals surface area (Å²) >= 11 is 5.83. The van der Waals surface area contributed by atoms with Gasteiger partial charge in [0.25, 0.3) is 0 Å². The molecular formula is C11H16ClNO3S2. The van der Waals surface area contributed by atoms with E-state index in [4.69, 9.17) is 17.3 Å². The van der Waals surface area contributed by atoms with Crippen molar-refractivity contribution in [3.05, 3.63) is 23.2 Å². The third-order valence-electron chi connectivity index (χ3n) is 2.46. The van der Waals surface area contributed by atoms with Gasteiger partial charge in [-0.05, 0) is 24.6 Å². The molecule has 1 aromatic carbocycles. The molecule has 0 aromatic heterocycles. The van der Waals surface area contributed by atoms with Crippen LogP contribution in [0.2, 0.25) is 5.02 Å². The topological polar surface area (TPSA) is 77.2 Å². The molecule has 0 heterocycles. The second-order valence-electron chi connectivity index (χ2n) is 3.82. The summed E-state index contributed by atoms with van der Waals surface area (Å²) in [6.45, 7) is 1.60. The van der Waals surface area contributed by atoms with Gasteiger partial charge >= 0.3 is 0 Å². The van der Waals surface area contributed by atoms with E-state index in [9.17, 15) is 12.6 Å². The van der Waals surface area contributed by atoms with Crippen LogP contribution in [0.25, 0.3) is 0 Å². The SMILES string of the molecule is CCS(=O)(=O)CCCS(=O)c1ccc(N)c(Cl)c1. The van der Waals surface area contributed by atoms with Crippen LogP contribution < -0.4 is 5.73 Å². The normalized spacial score (nSPS) is 13.4. The number of benzene rings is 1. The molecule has 0 aliphatic carbocycles. The number of anilines is 1. The highest BCUT2D eigenvalue weighted by Crippen LogP contribution is 2.21. The lowest BCUT2D eigenvalue weighted by atomic mass is 10.3. The monoisotopic (exact) mass is 309 g/mol. The first-order valence-corrected chi connectivity index (χ1v) is 9.01. The molecule has 4 nitrogen and oxygen atoms in total. The molecule has 1 aromatic rings. The van der Waals surface area contributed by atoms with Gasteiger partial charge < -0.3 is 5.73 Å². The summed E-state index contributed by atoms with van der Waals surface area (Å²) in [5, 5.41) is 0.363. The zero-order valence-electron chi connectivity index (χ0n) is 10.1. The lowest BCUT2D eigenvalue weighted by molar-refractivity contribution is 0.596. The quantitative estimate of drug-likeness (QED) is 0.814. The third kappa shape index (κ3) is 4.59. The molecule has 7 heteroatoms. The molecule has 0 amide bonds. The van der Waals surface area contributed by atoms with Gasteiger partial charge in [-0.2, -0.15) is 0 Å². The van der Waals surface area contributed by atoms with Crippen molar-refractivity contribution in [1.29, 1.82) is 0 Å². The van der Waals surface area contributed by atoms with Crippen molar-refractivity contribution in [2.24, 2.45) is 0 Å². The van der Waals surface area contributed by atoms with Crippen LogP contribution in [0, 0.1) is 0 Å². The van der Waals surface area contributed by atoms with E-state index in [1.165, 1.54) is 0 Å². The number of hydrogen-bond donors (Lipinski definition) is 1. The summed E-state index contributed by atoms with van der Waals surface area (Å²) in [4.78, 5) is 0.572. The highest BCUT2D eigenvalue weighted by molar-refractivity contribution is 7.91. The maximum absolute atomic E-state index is 11.9. The number of hydrogen-bond acceptors (Lipinski definition) is 4. The van der Waals surface area contributed by atoms with Crippen molar-refractivity contribution in [2.45, 2.75) is 18.2 Å². The average Bonchev–Trinajstić information content (AvgIpc) is 2.32. The molecular weight excluding hydrogens is 294 g/mol. The van der Waals surface area contributed by atoms with Crippen molar-refractivity contribution < 1.29 is 12.6 Å². The minimum Gasteiger partial charge on any atom is -0.398 e. The molecule has 0 saturated heterocycles. The number of nitrogen functional groups attached to an aromatic ring is 1. The first-order chi connectivity index (χ1) is 8.35. The van der Waals surface area contributed by atoms with Crippen LogP contribution in [-0.4, -0.2) is 29.9 Å². The Bertz CT molecular complexity index is 543. The van der Waals surface area contributed by atoms with E-state index in [0.29, 0.717) is 27.8 Å². The fraction of sp³-hybridized carbons (Fsp3) is 0.455. The highest BCUT2D eigenvalue weighted by atomic mass is 35.5. The molecule has 1 unspecified atom stereocenters. The Kier molecular flexibility index (Phi) is 5.62. The lowest BCUT2D eigenvalue weighted by Gasteiger charge is -2.04. The van der Waals surface area contributed by atoms with E-state index < -0.39 is 20.6 Å². The Hall–Kier alpha value is -0.590. The molecule has 0 radical (unpaired) electrons. The maximum Gasteiger partial charge on any atom is 0.150 e. The van der Waals surface area contributed by atoms with E-state index in [1.807, 2.05) is 0 Å². The van der Waals surface area contributed by atoms with Crippen LogP contribution in [0.4, 0.5) is 5.69 Å². The Labute approximate surface area is 115 Å². The number of sulfone groups is 1. The van der Waals surface area contributed by atoms with E-state index in [2.05, 4.69) is 0 Å². The zero-order valence-corrected chi connectivity index (χ0v) is 12.4. The Morgan fingerprint density at radius 1 is 1.39 bits per heavy atom. The van der Waals surface area contributed by atoms with E-state index in [1.54, 1.807) is 25.1 Å². The second-order valence-corrected chi connectivity index (χ2v) is 8.27. The van der Waals surface area contributed by atoms with E-state index in [0.717, 1.165) is 0 Å². The standard InChI is InChI=1S/C11H16ClNO3S2/c1-2-18(15,16)7-3-6-17(14)9-4-5-11(13)10(12)8-9/h4-5,8H,2-3,6-7,13H2,1H3. The van der Waals surface area contributed by atoms with Gasteiger partial charge in [-0.3, -0.25) is 4.21 Å². The van der Waals surface area contributed by atoms with Crippen LogP contribution >= 0.6 is 11.6 Å². The summed E-state index contributed by atoms with van der Waals surface area (Å²) in [5.74, 6) is 0.491. The fourth-order valence-electron chi connectivity index (χ4n) is 1.32. The van der Waals surface area contributed by atoms with Crippen LogP contribution in [0.5, 0.6) is 0 Å². The molecule has 0 aliphatic rings. The largest absolute Gasteiger partial charge is 0.398 e. The van der Waals surface area contributed by atoms with Crippen LogP contribution in [0.15, 0.2) is 23.1 Å². The second kappa shape index (κ2) is 6.54. The van der Waals surface area contributed by atoms with Crippen LogP contribution in [-0.2, 0) is 20.6 Å². The minimum absolute atomic E-state index is 0.0674. The number of nitrogens with two attached hydrogens (primary N) is 1. The Morgan fingerprint density at radius 3 is 2.61 bits per heavy atom. The van der Waals surface area contributed by atoms with Crippen molar-refractivity contribution in [3.8, 4) is 0 Å². The smallest absolute Gasteiger partial charge is 0.150 e. The molecule has 0 spiro atoms. The van der Waals surface area contributed by atoms with Crippen molar-refractivity contribution >= 4 is 37.9 Å². The molecule has 2 N–H and O–H groups in total. The van der Waals surface area contributed by atoms with Gasteiger partial charge in [0.15, 0.2) is 0 Å². The van der Waals surface area contributed by atoms with Gasteiger partial charge in [-0.25, -0.2) is 8.42 Å². The predicted molar refractivity (Wildman–Crippen MR) is 76.1 cm³/mol. The highest BCUT2D eigenvalue weighted by Gasteiger charge is 2.10. The summed E-state index contributed by atoms with van der Waals surface area (Å²) in [5.41, 5.74) is 5.99. The molecule has 102 valence electrons. The molecule has 0 aliphatic heterocycles. The minimum atomic E-state index is -2.99. The van der Waals surface area contributed by atoms with Gasteiger partial charge in [0.2, 0.25) is 0 Å². The van der Waals surface area contributed by atoms with E-state index in [-0.39, 0.29) is 11.5 Å². The fourth-order valence-corrected chi connectivity index (χ4v) is 3.73. The Morgan fingerprint density at radius 2 is 2.06 bits per heavy atom. The molecule has 1 rings (SSSR count). The summed E-state index contributed by atoms with van der Waals surface area (Å²) in [6.07, 6.45) is 0.380. The molecule has 1 atom stereocenters. The van der Waals surface area contributed by atoms with Crippen molar-refractivity contribution in [1.82, 2.24) is 0 Å². The van der Waals surface area contributed by atoms with Crippen LogP contribution in [0.3, 0.4) is 0 Å². The number of rotatable bonds is 6. The van der Waals surface area contributed by atoms with Gasteiger partial charge in [0.1, 0.15) is 9.84 Å². The van der Waals surface area contributed by atoms with Crippen molar-refractivity contribution in [3.63, 3.8) is 0 Å². The molecule has 0 fully saturated rings. The van der Waals surface area contributed by atoms with Gasteiger partial charge in [0, 0.05) is 16.4 Å². The average molecular weight is 310 g/mol. The van der Waals surface area contributed by atoms with Gasteiger partial charge in [-0.1, -0.05) is 18.5 Å². The van der Waals surface area contributed by atoms with Gasteiger partial charge in [-0.15, -0.1) is 0 Å². The zero-order chi connectivity index (χ0) is 13.8. The Balaban J connectivity index is 2.58. The molecule has 0 saturated carbocycles. The number of halogens is 1. The molecule has 0 bridgehead atoms. The lowest BCUT2D eigenvalue weighted by Crippen LogP contribution is -2.11. The van der Waals surface area contributed by atoms with Crippen LogP contribution in [0.1, 0.15) is 13.3 Å². The summed E-state index contributed by atoms with van der Waals surface area (Å²) in [7, 11) is -4.24. The first-order valence-electron chi connectivity index (χ1n) is 5.49. The predicted octanol–water partition coefficient (Wildman–Crippen LogP) is 1.85. The summed E-state index contributed by atoms with van der Waals surface area (Å²) < 4.78 is 34.5. The summed E-state index contributed by atoms with van der Waals surface area (Å²) in [6, 6.07) is 4.80.